The van der Waals surface area contributed by atoms with Crippen molar-refractivity contribution < 1.29 is 18.7 Å². The third-order valence-electron chi connectivity index (χ3n) is 2.03. The fraction of sp³-hybridized carbons (Fsp3) is 1.00. The van der Waals surface area contributed by atoms with Gasteiger partial charge in [0.2, 0.25) is 0 Å². The van der Waals surface area contributed by atoms with Crippen molar-refractivity contribution in [2.75, 3.05) is 40.1 Å². The van der Waals surface area contributed by atoms with Crippen LogP contribution < -0.4 is 5.32 Å². The van der Waals surface area contributed by atoms with Gasteiger partial charge in [-0.3, -0.25) is 4.57 Å². The highest BCUT2D eigenvalue weighted by atomic mass is 31.2. The molecule has 0 aromatic heterocycles. The number of rotatable bonds is 10. The SMILES string of the molecule is COCCCNCCCCP(=O)(O)OC. The first kappa shape index (κ1) is 15.1. The molecule has 0 aromatic rings. The number of methoxy groups -OCH3 is 1. The second kappa shape index (κ2) is 9.31. The summed E-state index contributed by atoms with van der Waals surface area (Å²) in [4.78, 5) is 9.09. The summed E-state index contributed by atoms with van der Waals surface area (Å²) in [5.41, 5.74) is 0. The lowest BCUT2D eigenvalue weighted by molar-refractivity contribution is 0.194. The second-order valence-corrected chi connectivity index (χ2v) is 5.43. The van der Waals surface area contributed by atoms with Crippen LogP contribution in [0.1, 0.15) is 19.3 Å². The molecule has 5 nitrogen and oxygen atoms in total. The molecule has 0 radical (unpaired) electrons. The molecule has 0 bridgehead atoms. The standard InChI is InChI=1S/C9H22NO4P/c1-13-8-5-7-10-6-3-4-9-15(11,12)14-2/h10H,3-9H2,1-2H3,(H,11,12). The second-order valence-electron chi connectivity index (χ2n) is 3.35. The van der Waals surface area contributed by atoms with Gasteiger partial charge in [0.05, 0.1) is 6.16 Å². The highest BCUT2D eigenvalue weighted by Gasteiger charge is 2.15. The first-order valence-electron chi connectivity index (χ1n) is 5.19. The van der Waals surface area contributed by atoms with Crippen molar-refractivity contribution in [1.82, 2.24) is 5.32 Å². The molecule has 92 valence electrons. The molecule has 0 aliphatic carbocycles. The van der Waals surface area contributed by atoms with Crippen LogP contribution >= 0.6 is 7.60 Å². The Morgan fingerprint density at radius 1 is 1.20 bits per heavy atom. The first-order valence-corrected chi connectivity index (χ1v) is 6.96. The van der Waals surface area contributed by atoms with Crippen LogP contribution in [0.5, 0.6) is 0 Å². The quantitative estimate of drug-likeness (QED) is 0.443. The molecule has 0 fully saturated rings. The van der Waals surface area contributed by atoms with Gasteiger partial charge in [-0.05, 0) is 32.4 Å². The Morgan fingerprint density at radius 2 is 1.87 bits per heavy atom. The Labute approximate surface area is 91.7 Å². The van der Waals surface area contributed by atoms with Crippen LogP contribution in [0.3, 0.4) is 0 Å². The van der Waals surface area contributed by atoms with E-state index in [-0.39, 0.29) is 6.16 Å². The predicted octanol–water partition coefficient (Wildman–Crippen LogP) is 1.22. The Bertz CT molecular complexity index is 189. The monoisotopic (exact) mass is 239 g/mol. The summed E-state index contributed by atoms with van der Waals surface area (Å²) in [5.74, 6) is 0. The lowest BCUT2D eigenvalue weighted by Crippen LogP contribution is -2.18. The molecule has 2 N–H and O–H groups in total. The topological polar surface area (TPSA) is 67.8 Å². The van der Waals surface area contributed by atoms with Gasteiger partial charge in [-0.25, -0.2) is 0 Å². The van der Waals surface area contributed by atoms with Gasteiger partial charge in [0.1, 0.15) is 0 Å². The van der Waals surface area contributed by atoms with Gasteiger partial charge in [0.25, 0.3) is 0 Å². The van der Waals surface area contributed by atoms with Crippen molar-refractivity contribution in [2.24, 2.45) is 0 Å². The molecular formula is C9H22NO4P. The number of ether oxygens (including phenoxy) is 1. The summed E-state index contributed by atoms with van der Waals surface area (Å²) in [6.45, 7) is 2.56. The van der Waals surface area contributed by atoms with E-state index in [1.165, 1.54) is 7.11 Å². The van der Waals surface area contributed by atoms with E-state index in [4.69, 9.17) is 9.63 Å². The number of unbranched alkanes of at least 4 members (excludes halogenated alkanes) is 1. The molecule has 0 amide bonds. The highest BCUT2D eigenvalue weighted by Crippen LogP contribution is 2.41. The van der Waals surface area contributed by atoms with Crippen LogP contribution in [0.25, 0.3) is 0 Å². The molecule has 1 atom stereocenters. The third-order valence-corrected chi connectivity index (χ3v) is 3.48. The summed E-state index contributed by atoms with van der Waals surface area (Å²) < 4.78 is 20.4. The Morgan fingerprint density at radius 3 is 2.47 bits per heavy atom. The molecule has 0 saturated carbocycles. The fourth-order valence-corrected chi connectivity index (χ4v) is 1.93. The number of hydrogen-bond acceptors (Lipinski definition) is 4. The average molecular weight is 239 g/mol. The Balaban J connectivity index is 3.15. The zero-order valence-electron chi connectivity index (χ0n) is 9.57. The van der Waals surface area contributed by atoms with Gasteiger partial charge < -0.3 is 19.5 Å². The predicted molar refractivity (Wildman–Crippen MR) is 60.3 cm³/mol. The first-order chi connectivity index (χ1) is 7.12. The fourth-order valence-electron chi connectivity index (χ4n) is 1.12. The van der Waals surface area contributed by atoms with Crippen molar-refractivity contribution >= 4 is 7.60 Å². The minimum absolute atomic E-state index is 0.239. The van der Waals surface area contributed by atoms with E-state index in [1.54, 1.807) is 7.11 Å². The third kappa shape index (κ3) is 10.4. The van der Waals surface area contributed by atoms with Crippen LogP contribution in [0.15, 0.2) is 0 Å². The molecule has 0 saturated heterocycles. The van der Waals surface area contributed by atoms with Crippen molar-refractivity contribution in [2.45, 2.75) is 19.3 Å². The molecular weight excluding hydrogens is 217 g/mol. The van der Waals surface area contributed by atoms with E-state index in [0.29, 0.717) is 6.42 Å². The van der Waals surface area contributed by atoms with Gasteiger partial charge in [0.15, 0.2) is 0 Å². The minimum Gasteiger partial charge on any atom is -0.385 e. The molecule has 6 heteroatoms. The van der Waals surface area contributed by atoms with Crippen LogP contribution in [0, 0.1) is 0 Å². The molecule has 15 heavy (non-hydrogen) atoms. The van der Waals surface area contributed by atoms with Gasteiger partial charge in [0, 0.05) is 20.8 Å². The summed E-state index contributed by atoms with van der Waals surface area (Å²) in [5, 5.41) is 3.23. The molecule has 0 heterocycles. The lowest BCUT2D eigenvalue weighted by atomic mass is 10.3. The maximum absolute atomic E-state index is 11.1. The minimum atomic E-state index is -3.29. The van der Waals surface area contributed by atoms with Gasteiger partial charge in [-0.2, -0.15) is 0 Å². The summed E-state index contributed by atoms with van der Waals surface area (Å²) in [6.07, 6.45) is 2.83. The molecule has 0 aliphatic heterocycles. The maximum atomic E-state index is 11.1. The lowest BCUT2D eigenvalue weighted by Gasteiger charge is -2.08. The van der Waals surface area contributed by atoms with E-state index in [0.717, 1.165) is 32.5 Å². The Kier molecular flexibility index (Phi) is 9.35. The number of hydrogen-bond donors (Lipinski definition) is 2. The smallest absolute Gasteiger partial charge is 0.327 e. The van der Waals surface area contributed by atoms with Crippen molar-refractivity contribution in [3.63, 3.8) is 0 Å². The molecule has 1 unspecified atom stereocenters. The van der Waals surface area contributed by atoms with Crippen molar-refractivity contribution in [1.29, 1.82) is 0 Å². The van der Waals surface area contributed by atoms with Gasteiger partial charge in [-0.1, -0.05) is 0 Å². The summed E-state index contributed by atoms with van der Waals surface area (Å²) in [7, 11) is -0.336. The van der Waals surface area contributed by atoms with Gasteiger partial charge in [-0.15, -0.1) is 0 Å². The summed E-state index contributed by atoms with van der Waals surface area (Å²) >= 11 is 0. The van der Waals surface area contributed by atoms with E-state index in [9.17, 15) is 4.57 Å². The Hall–Kier alpha value is 0.0700. The van der Waals surface area contributed by atoms with Crippen LogP contribution in [-0.4, -0.2) is 45.0 Å². The van der Waals surface area contributed by atoms with Crippen molar-refractivity contribution in [3.8, 4) is 0 Å². The van der Waals surface area contributed by atoms with E-state index >= 15 is 0 Å². The van der Waals surface area contributed by atoms with E-state index in [2.05, 4.69) is 9.84 Å². The van der Waals surface area contributed by atoms with Crippen LogP contribution in [0.4, 0.5) is 0 Å². The zero-order chi connectivity index (χ0) is 11.6. The zero-order valence-corrected chi connectivity index (χ0v) is 10.5. The normalized spacial score (nSPS) is 15.1. The summed E-state index contributed by atoms with van der Waals surface area (Å²) in [6, 6.07) is 0. The largest absolute Gasteiger partial charge is 0.385 e. The molecule has 0 aliphatic rings. The maximum Gasteiger partial charge on any atom is 0.327 e. The molecule has 0 rings (SSSR count). The van der Waals surface area contributed by atoms with E-state index in [1.807, 2.05) is 0 Å². The highest BCUT2D eigenvalue weighted by molar-refractivity contribution is 7.52. The van der Waals surface area contributed by atoms with Gasteiger partial charge >= 0.3 is 7.60 Å². The van der Waals surface area contributed by atoms with Crippen LogP contribution in [0.2, 0.25) is 0 Å². The van der Waals surface area contributed by atoms with Crippen LogP contribution in [-0.2, 0) is 13.8 Å². The van der Waals surface area contributed by atoms with E-state index < -0.39 is 7.60 Å². The molecule has 0 spiro atoms. The van der Waals surface area contributed by atoms with Crippen molar-refractivity contribution in [3.05, 3.63) is 0 Å². The average Bonchev–Trinajstić information content (AvgIpc) is 2.22. The molecule has 0 aromatic carbocycles. The number of nitrogens with one attached hydrogen (secondary N) is 1.